The zero-order valence-electron chi connectivity index (χ0n) is 15.3. The van der Waals surface area contributed by atoms with Crippen molar-refractivity contribution in [1.82, 2.24) is 19.9 Å². The zero-order chi connectivity index (χ0) is 20.1. The Kier molecular flexibility index (Phi) is 6.53. The van der Waals surface area contributed by atoms with Crippen LogP contribution in [0.3, 0.4) is 0 Å². The van der Waals surface area contributed by atoms with E-state index in [1.165, 1.54) is 6.20 Å². The minimum atomic E-state index is -0.225. The predicted octanol–water partition coefficient (Wildman–Crippen LogP) is 0.639. The van der Waals surface area contributed by atoms with Gasteiger partial charge in [-0.05, 0) is 22.0 Å². The Bertz CT molecular complexity index is 869. The quantitative estimate of drug-likeness (QED) is 0.616. The number of nitrogens with two attached hydrogens (primary N) is 2. The van der Waals surface area contributed by atoms with Gasteiger partial charge in [0.25, 0.3) is 0 Å². The highest BCUT2D eigenvalue weighted by atomic mass is 79.9. The molecule has 4 N–H and O–H groups in total. The van der Waals surface area contributed by atoms with Gasteiger partial charge in [-0.15, -0.1) is 0 Å². The monoisotopic (exact) mass is 447 g/mol. The smallest absolute Gasteiger partial charge is 0.223 e. The highest BCUT2D eigenvalue weighted by molar-refractivity contribution is 9.10. The van der Waals surface area contributed by atoms with Gasteiger partial charge >= 0.3 is 0 Å². The van der Waals surface area contributed by atoms with Crippen LogP contribution in [-0.2, 0) is 11.2 Å². The first-order valence-electron chi connectivity index (χ1n) is 8.96. The number of aromatic nitrogens is 3. The summed E-state index contributed by atoms with van der Waals surface area (Å²) in [5, 5.41) is 0. The number of nitrogens with zero attached hydrogens (tertiary/aromatic N) is 5. The summed E-state index contributed by atoms with van der Waals surface area (Å²) >= 11 is 3.21. The molecule has 2 aromatic rings. The molecule has 9 nitrogen and oxygen atoms in total. The van der Waals surface area contributed by atoms with Crippen LogP contribution in [0.5, 0.6) is 0 Å². The van der Waals surface area contributed by atoms with E-state index in [4.69, 9.17) is 11.5 Å². The first kappa shape index (κ1) is 20.2. The summed E-state index contributed by atoms with van der Waals surface area (Å²) in [7, 11) is 0. The van der Waals surface area contributed by atoms with Crippen molar-refractivity contribution in [3.63, 3.8) is 0 Å². The van der Waals surface area contributed by atoms with Crippen LogP contribution in [0, 0.1) is 0 Å². The third-order valence-corrected chi connectivity index (χ3v) is 4.98. The number of piperazine rings is 1. The van der Waals surface area contributed by atoms with Crippen LogP contribution in [0.2, 0.25) is 0 Å². The standard InChI is InChI=1S/C18H22BrN7O2/c19-15-11-23-18(21)17(24-15)14(27)9-12-10-22-4-2-13(12)25-5-7-26(8-6-25)16(28)1-3-20/h2,4,10-11H,1,3,5-9,20H2,(H2,21,23). The van der Waals surface area contributed by atoms with Gasteiger partial charge in [0.05, 0.1) is 6.20 Å². The molecule has 1 fully saturated rings. The largest absolute Gasteiger partial charge is 0.382 e. The van der Waals surface area contributed by atoms with E-state index in [1.807, 2.05) is 11.0 Å². The number of rotatable bonds is 6. The molecule has 0 bridgehead atoms. The summed E-state index contributed by atoms with van der Waals surface area (Å²) in [6.45, 7) is 2.97. The summed E-state index contributed by atoms with van der Waals surface area (Å²) in [6.07, 6.45) is 5.31. The Hall–Kier alpha value is -2.59. The van der Waals surface area contributed by atoms with Crippen LogP contribution in [0.4, 0.5) is 11.5 Å². The normalized spacial score (nSPS) is 14.2. The number of amides is 1. The molecule has 3 rings (SSSR count). The molecule has 3 heterocycles. The molecule has 1 amide bonds. The van der Waals surface area contributed by atoms with E-state index < -0.39 is 0 Å². The van der Waals surface area contributed by atoms with Crippen molar-refractivity contribution in [2.24, 2.45) is 5.73 Å². The van der Waals surface area contributed by atoms with Gasteiger partial charge in [-0.3, -0.25) is 14.6 Å². The van der Waals surface area contributed by atoms with E-state index in [2.05, 4.69) is 35.8 Å². The lowest BCUT2D eigenvalue weighted by Gasteiger charge is -2.37. The van der Waals surface area contributed by atoms with Crippen molar-refractivity contribution in [3.05, 3.63) is 40.5 Å². The van der Waals surface area contributed by atoms with Crippen molar-refractivity contribution in [3.8, 4) is 0 Å². The number of hydrogen-bond donors (Lipinski definition) is 2. The predicted molar refractivity (Wildman–Crippen MR) is 109 cm³/mol. The van der Waals surface area contributed by atoms with Gasteiger partial charge in [-0.1, -0.05) is 0 Å². The molecule has 1 aliphatic heterocycles. The van der Waals surface area contributed by atoms with Gasteiger partial charge < -0.3 is 21.3 Å². The number of Topliss-reactive ketones (excluding diaryl/α,β-unsaturated/α-hetero) is 1. The van der Waals surface area contributed by atoms with E-state index in [0.717, 1.165) is 11.3 Å². The van der Waals surface area contributed by atoms with Gasteiger partial charge in [0.2, 0.25) is 5.91 Å². The second kappa shape index (κ2) is 9.07. The van der Waals surface area contributed by atoms with E-state index in [0.29, 0.717) is 43.7 Å². The number of nitrogen functional groups attached to an aromatic ring is 1. The maximum Gasteiger partial charge on any atom is 0.223 e. The first-order chi connectivity index (χ1) is 13.5. The van der Waals surface area contributed by atoms with Crippen molar-refractivity contribution >= 4 is 39.1 Å². The van der Waals surface area contributed by atoms with Crippen molar-refractivity contribution in [2.75, 3.05) is 43.4 Å². The molecule has 1 saturated heterocycles. The fourth-order valence-corrected chi connectivity index (χ4v) is 3.46. The molecule has 0 atom stereocenters. The molecular weight excluding hydrogens is 426 g/mol. The van der Waals surface area contributed by atoms with Crippen LogP contribution in [0.15, 0.2) is 29.3 Å². The molecule has 1 aliphatic rings. The number of hydrogen-bond acceptors (Lipinski definition) is 8. The molecule has 148 valence electrons. The number of halogens is 1. The Morgan fingerprint density at radius 1 is 1.18 bits per heavy atom. The minimum absolute atomic E-state index is 0.0796. The second-order valence-electron chi connectivity index (χ2n) is 6.44. The Balaban J connectivity index is 1.73. The number of pyridine rings is 1. The van der Waals surface area contributed by atoms with Crippen LogP contribution in [0.25, 0.3) is 0 Å². The van der Waals surface area contributed by atoms with Gasteiger partial charge in [-0.25, -0.2) is 9.97 Å². The van der Waals surface area contributed by atoms with Gasteiger partial charge in [0.1, 0.15) is 10.3 Å². The number of ketones is 1. The molecule has 0 radical (unpaired) electrons. The summed E-state index contributed by atoms with van der Waals surface area (Å²) in [5.74, 6) is -0.0426. The number of carbonyl (C=O) groups is 2. The van der Waals surface area contributed by atoms with Crippen molar-refractivity contribution in [2.45, 2.75) is 12.8 Å². The fraction of sp³-hybridized carbons (Fsp3) is 0.389. The summed E-state index contributed by atoms with van der Waals surface area (Å²) in [4.78, 5) is 41.0. The minimum Gasteiger partial charge on any atom is -0.382 e. The summed E-state index contributed by atoms with van der Waals surface area (Å²) < 4.78 is 0.453. The Labute approximate surface area is 171 Å². The fourth-order valence-electron chi connectivity index (χ4n) is 3.18. The lowest BCUT2D eigenvalue weighted by molar-refractivity contribution is -0.131. The van der Waals surface area contributed by atoms with Crippen molar-refractivity contribution < 1.29 is 9.59 Å². The SMILES string of the molecule is NCCC(=O)N1CCN(c2ccncc2CC(=O)c2nc(Br)cnc2N)CC1. The van der Waals surface area contributed by atoms with E-state index in [9.17, 15) is 9.59 Å². The van der Waals surface area contributed by atoms with E-state index in [1.54, 1.807) is 12.4 Å². The molecule has 28 heavy (non-hydrogen) atoms. The third-order valence-electron chi connectivity index (χ3n) is 4.60. The molecule has 0 saturated carbocycles. The van der Waals surface area contributed by atoms with Crippen LogP contribution >= 0.6 is 15.9 Å². The molecule has 0 aromatic carbocycles. The maximum absolute atomic E-state index is 12.7. The van der Waals surface area contributed by atoms with Gasteiger partial charge in [0, 0.05) is 69.2 Å². The maximum atomic E-state index is 12.7. The lowest BCUT2D eigenvalue weighted by atomic mass is 10.1. The number of carbonyl (C=O) groups excluding carboxylic acids is 2. The molecule has 2 aromatic heterocycles. The van der Waals surface area contributed by atoms with Crippen LogP contribution in [0.1, 0.15) is 22.5 Å². The highest BCUT2D eigenvalue weighted by Crippen LogP contribution is 2.23. The average Bonchev–Trinajstić information content (AvgIpc) is 2.70. The van der Waals surface area contributed by atoms with Crippen LogP contribution in [-0.4, -0.2) is 64.3 Å². The van der Waals surface area contributed by atoms with Gasteiger partial charge in [0.15, 0.2) is 11.6 Å². The summed E-state index contributed by atoms with van der Waals surface area (Å²) in [6, 6.07) is 1.88. The van der Waals surface area contributed by atoms with E-state index in [-0.39, 0.29) is 29.6 Å². The zero-order valence-corrected chi connectivity index (χ0v) is 16.9. The van der Waals surface area contributed by atoms with E-state index >= 15 is 0 Å². The third kappa shape index (κ3) is 4.63. The molecule has 10 heteroatoms. The molecule has 0 spiro atoms. The van der Waals surface area contributed by atoms with Crippen molar-refractivity contribution in [1.29, 1.82) is 0 Å². The Morgan fingerprint density at radius 2 is 1.93 bits per heavy atom. The second-order valence-corrected chi connectivity index (χ2v) is 7.25. The average molecular weight is 448 g/mol. The lowest BCUT2D eigenvalue weighted by Crippen LogP contribution is -2.49. The number of anilines is 2. The topological polar surface area (TPSA) is 131 Å². The summed E-state index contributed by atoms with van der Waals surface area (Å²) in [5.41, 5.74) is 13.1. The Morgan fingerprint density at radius 3 is 2.64 bits per heavy atom. The molecular formula is C18H22BrN7O2. The molecule has 0 aliphatic carbocycles. The highest BCUT2D eigenvalue weighted by Gasteiger charge is 2.23. The first-order valence-corrected chi connectivity index (χ1v) is 9.75. The van der Waals surface area contributed by atoms with Gasteiger partial charge in [-0.2, -0.15) is 0 Å². The molecule has 0 unspecified atom stereocenters. The van der Waals surface area contributed by atoms with Crippen LogP contribution < -0.4 is 16.4 Å².